The van der Waals surface area contributed by atoms with Crippen molar-refractivity contribution < 1.29 is 4.52 Å². The first-order valence-electron chi connectivity index (χ1n) is 7.79. The van der Waals surface area contributed by atoms with Gasteiger partial charge in [-0.25, -0.2) is 4.98 Å². The van der Waals surface area contributed by atoms with Crippen LogP contribution in [0.5, 0.6) is 0 Å². The molecule has 0 bridgehead atoms. The summed E-state index contributed by atoms with van der Waals surface area (Å²) >= 11 is 0. The number of aryl methyl sites for hydroxylation is 1. The standard InChI is InChI=1S/C15H24N6O/c1-11(2)21-6-5-16-14(21)10-20-8-7-19(4)13(9-20)15-17-12(3)18-22-15/h5-6,11,13H,7-10H2,1-4H3/t13-/m0/s1. The summed E-state index contributed by atoms with van der Waals surface area (Å²) in [6.07, 6.45) is 3.93. The molecular weight excluding hydrogens is 280 g/mol. The number of hydrogen-bond acceptors (Lipinski definition) is 6. The van der Waals surface area contributed by atoms with Gasteiger partial charge in [0.15, 0.2) is 5.82 Å². The van der Waals surface area contributed by atoms with Crippen LogP contribution in [0.1, 0.15) is 43.5 Å². The first-order valence-corrected chi connectivity index (χ1v) is 7.79. The van der Waals surface area contributed by atoms with Gasteiger partial charge < -0.3 is 9.09 Å². The van der Waals surface area contributed by atoms with E-state index in [1.165, 1.54) is 0 Å². The number of rotatable bonds is 4. The van der Waals surface area contributed by atoms with Crippen molar-refractivity contribution in [2.45, 2.75) is 39.4 Å². The van der Waals surface area contributed by atoms with Crippen molar-refractivity contribution in [3.05, 3.63) is 29.9 Å². The Labute approximate surface area is 130 Å². The summed E-state index contributed by atoms with van der Waals surface area (Å²) in [7, 11) is 2.11. The number of piperazine rings is 1. The molecule has 1 aliphatic rings. The minimum atomic E-state index is 0.150. The Hall–Kier alpha value is -1.73. The van der Waals surface area contributed by atoms with Crippen molar-refractivity contribution >= 4 is 0 Å². The fraction of sp³-hybridized carbons (Fsp3) is 0.667. The largest absolute Gasteiger partial charge is 0.338 e. The highest BCUT2D eigenvalue weighted by molar-refractivity contribution is 4.99. The van der Waals surface area contributed by atoms with Gasteiger partial charge >= 0.3 is 0 Å². The van der Waals surface area contributed by atoms with Crippen LogP contribution in [-0.4, -0.2) is 56.2 Å². The maximum Gasteiger partial charge on any atom is 0.245 e. The summed E-state index contributed by atoms with van der Waals surface area (Å²) in [5.41, 5.74) is 0. The summed E-state index contributed by atoms with van der Waals surface area (Å²) < 4.78 is 7.60. The molecule has 0 saturated carbocycles. The molecule has 0 aromatic carbocycles. The van der Waals surface area contributed by atoms with E-state index in [2.05, 4.69) is 56.6 Å². The van der Waals surface area contributed by atoms with Crippen molar-refractivity contribution in [3.8, 4) is 0 Å². The van der Waals surface area contributed by atoms with Crippen LogP contribution in [0.3, 0.4) is 0 Å². The van der Waals surface area contributed by atoms with Gasteiger partial charge in [-0.05, 0) is 27.8 Å². The zero-order valence-corrected chi connectivity index (χ0v) is 13.7. The molecule has 1 aliphatic heterocycles. The van der Waals surface area contributed by atoms with Crippen molar-refractivity contribution in [3.63, 3.8) is 0 Å². The number of aromatic nitrogens is 4. The van der Waals surface area contributed by atoms with Crippen molar-refractivity contribution in [2.24, 2.45) is 0 Å². The molecule has 1 atom stereocenters. The van der Waals surface area contributed by atoms with E-state index >= 15 is 0 Å². The van der Waals surface area contributed by atoms with E-state index in [-0.39, 0.29) is 6.04 Å². The molecule has 0 aliphatic carbocycles. The highest BCUT2D eigenvalue weighted by Crippen LogP contribution is 2.23. The highest BCUT2D eigenvalue weighted by atomic mass is 16.5. The van der Waals surface area contributed by atoms with E-state index in [1.54, 1.807) is 0 Å². The van der Waals surface area contributed by atoms with Crippen LogP contribution in [-0.2, 0) is 6.54 Å². The number of likely N-dealkylation sites (N-methyl/N-ethyl adjacent to an activating group) is 1. The fourth-order valence-corrected chi connectivity index (χ4v) is 2.93. The highest BCUT2D eigenvalue weighted by Gasteiger charge is 2.30. The number of nitrogens with zero attached hydrogens (tertiary/aromatic N) is 6. The van der Waals surface area contributed by atoms with E-state index in [4.69, 9.17) is 4.52 Å². The van der Waals surface area contributed by atoms with Crippen LogP contribution in [0.15, 0.2) is 16.9 Å². The molecule has 3 heterocycles. The molecule has 2 aromatic heterocycles. The van der Waals surface area contributed by atoms with E-state index < -0.39 is 0 Å². The molecule has 3 rings (SSSR count). The molecule has 0 radical (unpaired) electrons. The van der Waals surface area contributed by atoms with Crippen molar-refractivity contribution in [1.82, 2.24) is 29.5 Å². The van der Waals surface area contributed by atoms with E-state index in [1.807, 2.05) is 13.1 Å². The minimum absolute atomic E-state index is 0.150. The van der Waals surface area contributed by atoms with E-state index in [0.717, 1.165) is 32.0 Å². The van der Waals surface area contributed by atoms with Gasteiger partial charge in [-0.1, -0.05) is 5.16 Å². The predicted octanol–water partition coefficient (Wildman–Crippen LogP) is 1.64. The maximum atomic E-state index is 5.37. The normalized spacial score (nSPS) is 20.9. The van der Waals surface area contributed by atoms with Gasteiger partial charge in [0.05, 0.1) is 6.54 Å². The molecule has 1 saturated heterocycles. The van der Waals surface area contributed by atoms with Crippen molar-refractivity contribution in [2.75, 3.05) is 26.7 Å². The lowest BCUT2D eigenvalue weighted by Gasteiger charge is -2.37. The Kier molecular flexibility index (Phi) is 4.26. The average Bonchev–Trinajstić information content (AvgIpc) is 3.10. The monoisotopic (exact) mass is 304 g/mol. The van der Waals surface area contributed by atoms with E-state index in [9.17, 15) is 0 Å². The maximum absolute atomic E-state index is 5.37. The van der Waals surface area contributed by atoms with Crippen LogP contribution in [0.25, 0.3) is 0 Å². The SMILES string of the molecule is Cc1noc([C@@H]2CN(Cc3nccn3C(C)C)CCN2C)n1. The molecule has 0 N–H and O–H groups in total. The Balaban J connectivity index is 1.72. The quantitative estimate of drug-likeness (QED) is 0.856. The Bertz CT molecular complexity index is 619. The van der Waals surface area contributed by atoms with Crippen LogP contribution < -0.4 is 0 Å². The van der Waals surface area contributed by atoms with Gasteiger partial charge in [-0.2, -0.15) is 4.98 Å². The van der Waals surface area contributed by atoms with Gasteiger partial charge in [0.2, 0.25) is 5.89 Å². The zero-order chi connectivity index (χ0) is 15.7. The summed E-state index contributed by atoms with van der Waals surface area (Å²) in [5.74, 6) is 2.51. The number of imidazole rings is 1. The molecule has 1 fully saturated rings. The molecule has 7 heteroatoms. The number of hydrogen-bond donors (Lipinski definition) is 0. The molecular formula is C15H24N6O. The predicted molar refractivity (Wildman–Crippen MR) is 82.3 cm³/mol. The molecule has 120 valence electrons. The van der Waals surface area contributed by atoms with Gasteiger partial charge in [0.25, 0.3) is 0 Å². The van der Waals surface area contributed by atoms with Crippen LogP contribution in [0.4, 0.5) is 0 Å². The van der Waals surface area contributed by atoms with Gasteiger partial charge in [-0.3, -0.25) is 9.80 Å². The van der Waals surface area contributed by atoms with Gasteiger partial charge in [0.1, 0.15) is 11.9 Å². The molecule has 0 spiro atoms. The molecule has 0 amide bonds. The first kappa shape index (κ1) is 15.2. The van der Waals surface area contributed by atoms with E-state index in [0.29, 0.717) is 17.8 Å². The lowest BCUT2D eigenvalue weighted by Crippen LogP contribution is -2.46. The molecule has 7 nitrogen and oxygen atoms in total. The third-order valence-corrected chi connectivity index (χ3v) is 4.23. The van der Waals surface area contributed by atoms with Gasteiger partial charge in [0, 0.05) is 38.1 Å². The second-order valence-corrected chi connectivity index (χ2v) is 6.26. The Morgan fingerprint density at radius 2 is 2.18 bits per heavy atom. The first-order chi connectivity index (χ1) is 10.5. The van der Waals surface area contributed by atoms with Crippen LogP contribution >= 0.6 is 0 Å². The summed E-state index contributed by atoms with van der Waals surface area (Å²) in [5, 5.41) is 3.92. The lowest BCUT2D eigenvalue weighted by atomic mass is 10.1. The Morgan fingerprint density at radius 3 is 2.86 bits per heavy atom. The summed E-state index contributed by atoms with van der Waals surface area (Å²) in [6, 6.07) is 0.580. The molecule has 22 heavy (non-hydrogen) atoms. The molecule has 2 aromatic rings. The van der Waals surface area contributed by atoms with Crippen molar-refractivity contribution in [1.29, 1.82) is 0 Å². The summed E-state index contributed by atoms with van der Waals surface area (Å²) in [4.78, 5) is 13.6. The third kappa shape index (κ3) is 3.05. The second-order valence-electron chi connectivity index (χ2n) is 6.26. The molecule has 0 unspecified atom stereocenters. The third-order valence-electron chi connectivity index (χ3n) is 4.23. The smallest absolute Gasteiger partial charge is 0.245 e. The summed E-state index contributed by atoms with van der Waals surface area (Å²) in [6.45, 7) is 9.94. The fourth-order valence-electron chi connectivity index (χ4n) is 2.93. The van der Waals surface area contributed by atoms with Crippen LogP contribution in [0.2, 0.25) is 0 Å². The topological polar surface area (TPSA) is 63.2 Å². The lowest BCUT2D eigenvalue weighted by molar-refractivity contribution is 0.0690. The zero-order valence-electron chi connectivity index (χ0n) is 13.7. The minimum Gasteiger partial charge on any atom is -0.338 e. The second kappa shape index (κ2) is 6.18. The Morgan fingerprint density at radius 1 is 1.36 bits per heavy atom. The average molecular weight is 304 g/mol. The van der Waals surface area contributed by atoms with Gasteiger partial charge in [-0.15, -0.1) is 0 Å². The van der Waals surface area contributed by atoms with Crippen LogP contribution in [0, 0.1) is 6.92 Å².